The first-order chi connectivity index (χ1) is 16.0. The molecule has 0 saturated heterocycles. The van der Waals surface area contributed by atoms with Gasteiger partial charge in [-0.25, -0.2) is 0 Å². The number of fused-ring (bicyclic) bond motifs is 4. The van der Waals surface area contributed by atoms with E-state index in [1.165, 1.54) is 0 Å². The standard InChI is InChI=1S/C15H10O2.C12H8O2S.Bi/c16-15(17)14-12-7-3-1-5-10(12)9-11-6-2-4-8-13(11)14;13-15(14,11-7-3-1-4-8-11)12-9-5-2-6-10-12;/h1-9H,(H,16,17);1-7,9H;/q;;+1/p-1. The van der Waals surface area contributed by atoms with Gasteiger partial charge in [-0.1, -0.05) is 48.5 Å². The van der Waals surface area contributed by atoms with Crippen LogP contribution in [0, 0.1) is 0 Å². The van der Waals surface area contributed by atoms with E-state index in [4.69, 9.17) is 0 Å². The van der Waals surface area contributed by atoms with Crippen molar-refractivity contribution in [3.8, 4) is 0 Å². The molecule has 1 heterocycles. The van der Waals surface area contributed by atoms with Crippen LogP contribution in [-0.4, -0.2) is 37.6 Å². The second-order valence-corrected chi connectivity index (χ2v) is 14.0. The van der Waals surface area contributed by atoms with Gasteiger partial charge < -0.3 is 9.90 Å². The zero-order chi connectivity index (χ0) is 23.0. The van der Waals surface area contributed by atoms with Crippen LogP contribution in [0.2, 0.25) is 0 Å². The second-order valence-electron chi connectivity index (χ2n) is 7.53. The third-order valence-corrected chi connectivity index (χ3v) is 13.5. The van der Waals surface area contributed by atoms with Crippen LogP contribution in [-0.2, 0) is 9.84 Å². The molecule has 1 aliphatic heterocycles. The van der Waals surface area contributed by atoms with Gasteiger partial charge in [-0.05, 0) is 27.6 Å². The van der Waals surface area contributed by atoms with E-state index in [0.717, 1.165) is 28.1 Å². The fourth-order valence-corrected chi connectivity index (χ4v) is 12.8. The summed E-state index contributed by atoms with van der Waals surface area (Å²) in [7, 11) is -3.26. The summed E-state index contributed by atoms with van der Waals surface area (Å²) < 4.78 is 26.8. The predicted octanol–water partition coefficient (Wildman–Crippen LogP) is 2.84. The van der Waals surface area contributed by atoms with Gasteiger partial charge in [0.05, 0.1) is 5.97 Å². The number of carboxylic acid groups (broad SMARTS) is 1. The number of hydrogen-bond acceptors (Lipinski definition) is 4. The van der Waals surface area contributed by atoms with Gasteiger partial charge in [0.1, 0.15) is 0 Å². The van der Waals surface area contributed by atoms with Crippen LogP contribution < -0.4 is 11.6 Å². The van der Waals surface area contributed by atoms with Crippen molar-refractivity contribution < 1.29 is 18.3 Å². The molecule has 0 N–H and O–H groups in total. The summed E-state index contributed by atoms with van der Waals surface area (Å²) in [4.78, 5) is 12.4. The quantitative estimate of drug-likeness (QED) is 0.204. The molecule has 4 nitrogen and oxygen atoms in total. The van der Waals surface area contributed by atoms with Crippen LogP contribution in [0.25, 0.3) is 21.5 Å². The summed E-state index contributed by atoms with van der Waals surface area (Å²) in [6.07, 6.45) is 0. The monoisotopic (exact) mass is 646 g/mol. The van der Waals surface area contributed by atoms with Crippen LogP contribution in [0.3, 0.4) is 0 Å². The molecule has 160 valence electrons. The van der Waals surface area contributed by atoms with Crippen LogP contribution in [0.4, 0.5) is 0 Å². The van der Waals surface area contributed by atoms with Gasteiger partial charge in [0.25, 0.3) is 0 Å². The SMILES string of the molecule is O=C([O-])c1c2ccccc2cc2ccccc12.O=S1(=O)c2cccc[c]2[Bi+][c]2ccccc21. The van der Waals surface area contributed by atoms with Gasteiger partial charge in [0.15, 0.2) is 0 Å². The molecule has 6 heteroatoms. The summed E-state index contributed by atoms with van der Waals surface area (Å²) >= 11 is -1.05. The maximum absolute atomic E-state index is 12.3. The van der Waals surface area contributed by atoms with Crippen molar-refractivity contribution in [3.05, 3.63) is 109 Å². The van der Waals surface area contributed by atoms with Crippen LogP contribution in [0.1, 0.15) is 10.4 Å². The van der Waals surface area contributed by atoms with E-state index in [1.807, 2.05) is 78.9 Å². The van der Waals surface area contributed by atoms with E-state index in [9.17, 15) is 18.3 Å². The molecule has 0 atom stereocenters. The zero-order valence-corrected chi connectivity index (χ0v) is 21.6. The van der Waals surface area contributed by atoms with E-state index in [0.29, 0.717) is 9.79 Å². The van der Waals surface area contributed by atoms with Gasteiger partial charge in [0.2, 0.25) is 0 Å². The summed E-state index contributed by atoms with van der Waals surface area (Å²) in [5.74, 6) is -1.13. The Bertz CT molecular complexity index is 1540. The molecular formula is C27H17BiO4S. The molecule has 5 aromatic carbocycles. The number of sulfone groups is 1. The first-order valence-corrected chi connectivity index (χ1v) is 15.2. The van der Waals surface area contributed by atoms with Crippen molar-refractivity contribution in [2.45, 2.75) is 9.79 Å². The number of carbonyl (C=O) groups excluding carboxylic acids is 1. The van der Waals surface area contributed by atoms with Crippen molar-refractivity contribution >= 4 is 67.1 Å². The van der Waals surface area contributed by atoms with Crippen LogP contribution >= 0.6 is 0 Å². The molecule has 6 rings (SSSR count). The number of hydrogen-bond donors (Lipinski definition) is 0. The minimum absolute atomic E-state index is 0.277. The van der Waals surface area contributed by atoms with E-state index in [2.05, 4.69) is 0 Å². The molecule has 0 amide bonds. The maximum atomic E-state index is 12.3. The van der Waals surface area contributed by atoms with Gasteiger partial charge in [-0.2, -0.15) is 0 Å². The first kappa shape index (κ1) is 21.8. The molecule has 0 unspecified atom stereocenters. The number of carbonyl (C=O) groups is 1. The zero-order valence-electron chi connectivity index (χ0n) is 17.3. The number of aromatic carboxylic acids is 1. The third kappa shape index (κ3) is 3.94. The molecule has 0 bridgehead atoms. The Morgan fingerprint density at radius 1 is 0.636 bits per heavy atom. The van der Waals surface area contributed by atoms with Crippen LogP contribution in [0.15, 0.2) is 113 Å². The molecule has 33 heavy (non-hydrogen) atoms. The van der Waals surface area contributed by atoms with E-state index < -0.39 is 39.0 Å². The Hall–Kier alpha value is -3.08. The Labute approximate surface area is 203 Å². The van der Waals surface area contributed by atoms with E-state index >= 15 is 0 Å². The second kappa shape index (κ2) is 8.70. The fourth-order valence-electron chi connectivity index (χ4n) is 4.04. The van der Waals surface area contributed by atoms with Crippen molar-refractivity contribution in [1.29, 1.82) is 0 Å². The van der Waals surface area contributed by atoms with E-state index in [-0.39, 0.29) is 5.56 Å². The minimum atomic E-state index is -3.26. The molecule has 5 aromatic rings. The summed E-state index contributed by atoms with van der Waals surface area (Å²) in [5.41, 5.74) is 0.277. The van der Waals surface area contributed by atoms with Gasteiger partial charge >= 0.3 is 106 Å². The average Bonchev–Trinajstić information content (AvgIpc) is 2.83. The van der Waals surface area contributed by atoms with E-state index in [1.54, 1.807) is 24.3 Å². The summed E-state index contributed by atoms with van der Waals surface area (Å²) in [5, 5.41) is 14.6. The Balaban J connectivity index is 0.000000139. The average molecular weight is 646 g/mol. The number of benzene rings is 5. The first-order valence-electron chi connectivity index (χ1n) is 10.2. The topological polar surface area (TPSA) is 74.3 Å². The predicted molar refractivity (Wildman–Crippen MR) is 129 cm³/mol. The van der Waals surface area contributed by atoms with Gasteiger partial charge in [-0.15, -0.1) is 0 Å². The molecule has 0 aliphatic carbocycles. The fraction of sp³-hybridized carbons (Fsp3) is 0. The summed E-state index contributed by atoms with van der Waals surface area (Å²) in [6, 6.07) is 31.7. The molecule has 0 saturated carbocycles. The van der Waals surface area contributed by atoms with Crippen molar-refractivity contribution in [3.63, 3.8) is 0 Å². The van der Waals surface area contributed by atoms with Gasteiger partial charge in [-0.3, -0.25) is 0 Å². The molecule has 0 aromatic heterocycles. The van der Waals surface area contributed by atoms with Crippen molar-refractivity contribution in [1.82, 2.24) is 0 Å². The molecular weight excluding hydrogens is 629 g/mol. The number of carboxylic acids is 1. The van der Waals surface area contributed by atoms with Crippen molar-refractivity contribution in [2.75, 3.05) is 0 Å². The van der Waals surface area contributed by atoms with Gasteiger partial charge in [0, 0.05) is 5.56 Å². The summed E-state index contributed by atoms with van der Waals surface area (Å²) in [6.45, 7) is 0. The number of rotatable bonds is 1. The molecule has 1 aliphatic rings. The van der Waals surface area contributed by atoms with Crippen molar-refractivity contribution in [2.24, 2.45) is 0 Å². The Kier molecular flexibility index (Phi) is 5.73. The molecule has 2 radical (unpaired) electrons. The normalized spacial score (nSPS) is 13.5. The molecule has 0 fully saturated rings. The van der Waals surface area contributed by atoms with Crippen LogP contribution in [0.5, 0.6) is 0 Å². The Morgan fingerprint density at radius 3 is 1.55 bits per heavy atom. The third-order valence-electron chi connectivity index (χ3n) is 5.53. The molecule has 0 spiro atoms. The Morgan fingerprint density at radius 2 is 1.06 bits per heavy atom.